The van der Waals surface area contributed by atoms with E-state index in [-0.39, 0.29) is 30.2 Å². The lowest BCUT2D eigenvalue weighted by molar-refractivity contribution is -0.385. The molecule has 0 radical (unpaired) electrons. The highest BCUT2D eigenvalue weighted by atomic mass is 16.6. The summed E-state index contributed by atoms with van der Waals surface area (Å²) in [6.07, 6.45) is 0. The first-order valence-electron chi connectivity index (χ1n) is 5.25. The third-order valence-corrected chi connectivity index (χ3v) is 2.08. The molecule has 98 valence electrons. The zero-order valence-corrected chi connectivity index (χ0v) is 9.79. The highest BCUT2D eigenvalue weighted by Gasteiger charge is 2.12. The Morgan fingerprint density at radius 2 is 2.22 bits per heavy atom. The summed E-state index contributed by atoms with van der Waals surface area (Å²) >= 11 is 0. The summed E-state index contributed by atoms with van der Waals surface area (Å²) in [6.45, 7) is 1.19. The molecule has 0 spiro atoms. The predicted molar refractivity (Wildman–Crippen MR) is 61.1 cm³/mol. The second kappa shape index (κ2) is 6.55. The maximum atomic E-state index is 11.1. The lowest BCUT2D eigenvalue weighted by Gasteiger charge is -2.09. The van der Waals surface area contributed by atoms with E-state index < -0.39 is 17.5 Å². The van der Waals surface area contributed by atoms with Gasteiger partial charge in [-0.3, -0.25) is 10.1 Å². The molecular formula is C11H13NO6. The third-order valence-electron chi connectivity index (χ3n) is 2.08. The Morgan fingerprint density at radius 3 is 2.78 bits per heavy atom. The van der Waals surface area contributed by atoms with Crippen molar-refractivity contribution < 1.29 is 24.3 Å². The average molecular weight is 255 g/mol. The van der Waals surface area contributed by atoms with Crippen molar-refractivity contribution in [1.29, 1.82) is 0 Å². The molecule has 0 aliphatic heterocycles. The summed E-state index contributed by atoms with van der Waals surface area (Å²) in [6, 6.07) is 3.77. The van der Waals surface area contributed by atoms with E-state index in [1.165, 1.54) is 18.2 Å². The van der Waals surface area contributed by atoms with Gasteiger partial charge in [0.15, 0.2) is 6.61 Å². The second-order valence-corrected chi connectivity index (χ2v) is 3.30. The number of carbonyl (C=O) groups excluding carboxylic acids is 1. The van der Waals surface area contributed by atoms with E-state index in [1.54, 1.807) is 6.92 Å². The molecule has 0 saturated carbocycles. The quantitative estimate of drug-likeness (QED) is 0.463. The molecule has 0 amide bonds. The molecule has 0 unspecified atom stereocenters. The molecule has 1 aromatic carbocycles. The number of benzene rings is 1. The first-order valence-corrected chi connectivity index (χ1v) is 5.25. The summed E-state index contributed by atoms with van der Waals surface area (Å²) < 4.78 is 9.78. The van der Waals surface area contributed by atoms with Gasteiger partial charge in [-0.2, -0.15) is 0 Å². The molecule has 18 heavy (non-hydrogen) atoms. The van der Waals surface area contributed by atoms with Crippen molar-refractivity contribution in [2.45, 2.75) is 13.5 Å². The highest BCUT2D eigenvalue weighted by Crippen LogP contribution is 2.24. The van der Waals surface area contributed by atoms with Crippen LogP contribution in [0.15, 0.2) is 18.2 Å². The Morgan fingerprint density at radius 1 is 1.50 bits per heavy atom. The molecule has 0 heterocycles. The molecule has 7 nitrogen and oxygen atoms in total. The molecule has 0 aromatic heterocycles. The molecule has 0 fully saturated rings. The van der Waals surface area contributed by atoms with Crippen LogP contribution in [-0.4, -0.2) is 29.2 Å². The van der Waals surface area contributed by atoms with Crippen LogP contribution in [0, 0.1) is 10.1 Å². The first kappa shape index (κ1) is 13.9. The van der Waals surface area contributed by atoms with Gasteiger partial charge in [-0.15, -0.1) is 0 Å². The van der Waals surface area contributed by atoms with E-state index in [0.717, 1.165) is 0 Å². The number of ether oxygens (including phenoxy) is 2. The van der Waals surface area contributed by atoms with Gasteiger partial charge in [0.1, 0.15) is 5.75 Å². The topological polar surface area (TPSA) is 98.9 Å². The molecule has 1 aromatic rings. The summed E-state index contributed by atoms with van der Waals surface area (Å²) in [5, 5.41) is 19.6. The highest BCUT2D eigenvalue weighted by molar-refractivity contribution is 5.71. The van der Waals surface area contributed by atoms with Gasteiger partial charge in [-0.25, -0.2) is 4.79 Å². The van der Waals surface area contributed by atoms with Crippen LogP contribution < -0.4 is 4.74 Å². The van der Waals surface area contributed by atoms with Gasteiger partial charge >= 0.3 is 5.97 Å². The van der Waals surface area contributed by atoms with E-state index in [0.29, 0.717) is 0 Å². The molecule has 0 aliphatic rings. The smallest absolute Gasteiger partial charge is 0.344 e. The molecule has 1 rings (SSSR count). The van der Waals surface area contributed by atoms with E-state index in [2.05, 4.69) is 4.74 Å². The summed E-state index contributed by atoms with van der Waals surface area (Å²) in [7, 11) is 0. The second-order valence-electron chi connectivity index (χ2n) is 3.30. The number of carbonyl (C=O) groups is 1. The van der Waals surface area contributed by atoms with Crippen LogP contribution in [0.4, 0.5) is 5.69 Å². The number of rotatable bonds is 6. The number of nitro groups is 1. The van der Waals surface area contributed by atoms with Crippen molar-refractivity contribution in [3.63, 3.8) is 0 Å². The van der Waals surface area contributed by atoms with Crippen molar-refractivity contribution in [3.8, 4) is 5.75 Å². The lowest BCUT2D eigenvalue weighted by atomic mass is 10.2. The van der Waals surface area contributed by atoms with Crippen LogP contribution in [0.1, 0.15) is 12.5 Å². The number of esters is 1. The van der Waals surface area contributed by atoms with Crippen molar-refractivity contribution in [3.05, 3.63) is 33.9 Å². The average Bonchev–Trinajstić information content (AvgIpc) is 2.36. The van der Waals surface area contributed by atoms with Crippen LogP contribution >= 0.6 is 0 Å². The van der Waals surface area contributed by atoms with Gasteiger partial charge in [-0.05, 0) is 13.0 Å². The van der Waals surface area contributed by atoms with Crippen molar-refractivity contribution in [2.75, 3.05) is 13.2 Å². The number of hydrogen-bond donors (Lipinski definition) is 1. The first-order chi connectivity index (χ1) is 8.58. The Bertz CT molecular complexity index is 445. The molecule has 0 saturated heterocycles. The number of aliphatic hydroxyl groups is 1. The minimum Gasteiger partial charge on any atom is -0.482 e. The number of hydrogen-bond acceptors (Lipinski definition) is 6. The van der Waals surface area contributed by atoms with Gasteiger partial charge in [0.05, 0.1) is 18.1 Å². The van der Waals surface area contributed by atoms with Gasteiger partial charge in [0.2, 0.25) is 0 Å². The van der Waals surface area contributed by atoms with Gasteiger partial charge in [0, 0.05) is 17.7 Å². The zero-order valence-electron chi connectivity index (χ0n) is 9.79. The van der Waals surface area contributed by atoms with Gasteiger partial charge in [0.25, 0.3) is 5.69 Å². The fourth-order valence-corrected chi connectivity index (χ4v) is 1.28. The van der Waals surface area contributed by atoms with Crippen molar-refractivity contribution in [2.24, 2.45) is 0 Å². The Kier molecular flexibility index (Phi) is 5.06. The minimum absolute atomic E-state index is 0.150. The molecule has 0 aliphatic carbocycles. The molecule has 1 N–H and O–H groups in total. The van der Waals surface area contributed by atoms with Crippen LogP contribution in [0.2, 0.25) is 0 Å². The standard InChI is InChI=1S/C11H13NO6/c1-2-17-11(14)7-18-10-4-3-9(12(15)16)5-8(10)6-13/h3-5,13H,2,6-7H2,1H3. The van der Waals surface area contributed by atoms with E-state index in [9.17, 15) is 14.9 Å². The van der Waals surface area contributed by atoms with E-state index in [1.807, 2.05) is 0 Å². The summed E-state index contributed by atoms with van der Waals surface area (Å²) in [5.41, 5.74) is 0.0935. The summed E-state index contributed by atoms with van der Waals surface area (Å²) in [5.74, 6) is -0.323. The van der Waals surface area contributed by atoms with Crippen LogP contribution in [0.3, 0.4) is 0 Å². The summed E-state index contributed by atoms with van der Waals surface area (Å²) in [4.78, 5) is 21.0. The third kappa shape index (κ3) is 3.70. The Labute approximate surface area is 103 Å². The number of nitrogens with zero attached hydrogens (tertiary/aromatic N) is 1. The van der Waals surface area contributed by atoms with Crippen molar-refractivity contribution in [1.82, 2.24) is 0 Å². The fraction of sp³-hybridized carbons (Fsp3) is 0.364. The van der Waals surface area contributed by atoms with Crippen LogP contribution in [0.5, 0.6) is 5.75 Å². The Balaban J connectivity index is 2.76. The number of non-ortho nitro benzene ring substituents is 1. The molecule has 0 bridgehead atoms. The van der Waals surface area contributed by atoms with Gasteiger partial charge in [-0.1, -0.05) is 0 Å². The fourth-order valence-electron chi connectivity index (χ4n) is 1.28. The predicted octanol–water partition coefficient (Wildman–Crippen LogP) is 1.03. The monoisotopic (exact) mass is 255 g/mol. The van der Waals surface area contributed by atoms with E-state index >= 15 is 0 Å². The maximum absolute atomic E-state index is 11.1. The number of aliphatic hydroxyl groups excluding tert-OH is 1. The molecular weight excluding hydrogens is 242 g/mol. The molecule has 0 atom stereocenters. The number of nitro benzene ring substituents is 1. The van der Waals surface area contributed by atoms with Crippen LogP contribution in [-0.2, 0) is 16.1 Å². The maximum Gasteiger partial charge on any atom is 0.344 e. The van der Waals surface area contributed by atoms with Crippen LogP contribution in [0.25, 0.3) is 0 Å². The SMILES string of the molecule is CCOC(=O)COc1ccc([N+](=O)[O-])cc1CO. The zero-order chi connectivity index (χ0) is 13.5. The Hall–Kier alpha value is -2.15. The normalized spacial score (nSPS) is 9.89. The van der Waals surface area contributed by atoms with Crippen molar-refractivity contribution >= 4 is 11.7 Å². The minimum atomic E-state index is -0.575. The largest absolute Gasteiger partial charge is 0.482 e. The molecule has 7 heteroatoms. The van der Waals surface area contributed by atoms with Gasteiger partial charge < -0.3 is 14.6 Å². The van der Waals surface area contributed by atoms with E-state index in [4.69, 9.17) is 9.84 Å². The lowest BCUT2D eigenvalue weighted by Crippen LogP contribution is -2.15.